The van der Waals surface area contributed by atoms with Gasteiger partial charge in [0.15, 0.2) is 5.82 Å². The third kappa shape index (κ3) is 1.85. The van der Waals surface area contributed by atoms with Crippen molar-refractivity contribution in [1.82, 2.24) is 15.2 Å². The van der Waals surface area contributed by atoms with E-state index in [1.54, 1.807) is 7.11 Å². The molecular formula is C10H11N3O. The lowest BCUT2D eigenvalue weighted by Crippen LogP contribution is -2.02. The molecule has 0 atom stereocenters. The second kappa shape index (κ2) is 4.11. The first-order valence-corrected chi connectivity index (χ1v) is 4.47. The van der Waals surface area contributed by atoms with Gasteiger partial charge in [0.05, 0.1) is 12.1 Å². The minimum atomic E-state index is 0.625. The fourth-order valence-electron chi connectivity index (χ4n) is 1.22. The normalized spacial score (nSPS) is 10.6. The van der Waals surface area contributed by atoms with E-state index in [1.165, 1.54) is 0 Å². The van der Waals surface area contributed by atoms with Crippen molar-refractivity contribution in [3.63, 3.8) is 0 Å². The predicted octanol–water partition coefficient (Wildman–Crippen LogP) is 1.21. The minimum absolute atomic E-state index is 0.625. The highest BCUT2D eigenvalue weighted by Gasteiger charge is 1.99. The molecule has 0 saturated carbocycles. The summed E-state index contributed by atoms with van der Waals surface area (Å²) in [6, 6.07) is 7.69. The van der Waals surface area contributed by atoms with Crippen LogP contribution in [0.5, 0.6) is 0 Å². The van der Waals surface area contributed by atoms with Gasteiger partial charge in [-0.25, -0.2) is 4.98 Å². The summed E-state index contributed by atoms with van der Waals surface area (Å²) in [5, 5.41) is 8.07. The summed E-state index contributed by atoms with van der Waals surface area (Å²) in [6.45, 7) is 0.625. The Hall–Kier alpha value is -1.55. The number of ether oxygens (including phenoxy) is 1. The van der Waals surface area contributed by atoms with Crippen LogP contribution in [0.4, 0.5) is 0 Å². The van der Waals surface area contributed by atoms with Gasteiger partial charge in [-0.05, 0) is 12.1 Å². The van der Waals surface area contributed by atoms with Crippen molar-refractivity contribution in [2.75, 3.05) is 13.7 Å². The van der Waals surface area contributed by atoms with Crippen molar-refractivity contribution in [3.8, 4) is 0 Å². The first kappa shape index (κ1) is 9.02. The van der Waals surface area contributed by atoms with Crippen LogP contribution < -0.4 is 0 Å². The molecule has 0 aliphatic heterocycles. The molecule has 0 N–H and O–H groups in total. The molecule has 0 aliphatic carbocycles. The van der Waals surface area contributed by atoms with Crippen molar-refractivity contribution >= 4 is 11.0 Å². The Kier molecular flexibility index (Phi) is 2.65. The van der Waals surface area contributed by atoms with Crippen LogP contribution in [0.1, 0.15) is 5.82 Å². The van der Waals surface area contributed by atoms with Crippen LogP contribution in [0.25, 0.3) is 11.0 Å². The predicted molar refractivity (Wildman–Crippen MR) is 52.9 cm³/mol. The van der Waals surface area contributed by atoms with Crippen molar-refractivity contribution in [3.05, 3.63) is 30.1 Å². The number of aromatic nitrogens is 3. The molecule has 0 radical (unpaired) electrons. The molecule has 14 heavy (non-hydrogen) atoms. The van der Waals surface area contributed by atoms with Crippen LogP contribution in [0, 0.1) is 0 Å². The summed E-state index contributed by atoms with van der Waals surface area (Å²) in [5.74, 6) is 0.727. The van der Waals surface area contributed by atoms with Gasteiger partial charge in [-0.1, -0.05) is 12.1 Å². The highest BCUT2D eigenvalue weighted by molar-refractivity contribution is 5.72. The van der Waals surface area contributed by atoms with Crippen LogP contribution >= 0.6 is 0 Å². The average Bonchev–Trinajstić information content (AvgIpc) is 2.26. The molecular weight excluding hydrogens is 178 g/mol. The van der Waals surface area contributed by atoms with Gasteiger partial charge in [0, 0.05) is 13.5 Å². The van der Waals surface area contributed by atoms with Gasteiger partial charge in [0.25, 0.3) is 0 Å². The fraction of sp³-hybridized carbons (Fsp3) is 0.300. The number of hydrogen-bond donors (Lipinski definition) is 0. The molecule has 0 unspecified atom stereocenters. The van der Waals surface area contributed by atoms with Crippen molar-refractivity contribution in [1.29, 1.82) is 0 Å². The summed E-state index contributed by atoms with van der Waals surface area (Å²) in [4.78, 5) is 4.36. The fourth-order valence-corrected chi connectivity index (χ4v) is 1.22. The summed E-state index contributed by atoms with van der Waals surface area (Å²) < 4.78 is 4.95. The summed E-state index contributed by atoms with van der Waals surface area (Å²) >= 11 is 0. The Bertz CT molecular complexity index is 430. The minimum Gasteiger partial charge on any atom is -0.384 e. The molecule has 4 heteroatoms. The highest BCUT2D eigenvalue weighted by Crippen LogP contribution is 2.06. The van der Waals surface area contributed by atoms with Crippen molar-refractivity contribution in [2.45, 2.75) is 6.42 Å². The molecule has 4 nitrogen and oxygen atoms in total. The van der Waals surface area contributed by atoms with E-state index in [0.717, 1.165) is 16.9 Å². The number of rotatable bonds is 3. The van der Waals surface area contributed by atoms with E-state index in [4.69, 9.17) is 4.74 Å². The van der Waals surface area contributed by atoms with Gasteiger partial charge in [-0.2, -0.15) is 0 Å². The Morgan fingerprint density at radius 3 is 2.71 bits per heavy atom. The second-order valence-corrected chi connectivity index (χ2v) is 2.96. The molecule has 2 aromatic rings. The van der Waals surface area contributed by atoms with E-state index >= 15 is 0 Å². The average molecular weight is 189 g/mol. The molecule has 1 aromatic heterocycles. The zero-order valence-corrected chi connectivity index (χ0v) is 7.97. The number of para-hydroxylation sites is 1. The smallest absolute Gasteiger partial charge is 0.153 e. The molecule has 2 rings (SSSR count). The monoisotopic (exact) mass is 189 g/mol. The van der Waals surface area contributed by atoms with E-state index in [-0.39, 0.29) is 0 Å². The Balaban J connectivity index is 2.32. The van der Waals surface area contributed by atoms with Gasteiger partial charge in [-0.3, -0.25) is 0 Å². The van der Waals surface area contributed by atoms with E-state index in [2.05, 4.69) is 15.2 Å². The molecule has 1 heterocycles. The van der Waals surface area contributed by atoms with Crippen LogP contribution in [0.3, 0.4) is 0 Å². The SMILES string of the molecule is COCCc1nnc2ccccc2n1. The highest BCUT2D eigenvalue weighted by atomic mass is 16.5. The summed E-state index contributed by atoms with van der Waals surface area (Å²) in [6.07, 6.45) is 0.703. The standard InChI is InChI=1S/C10H11N3O/c1-14-7-6-10-11-8-4-2-3-5-9(8)12-13-10/h2-5H,6-7H2,1H3. The zero-order chi connectivity index (χ0) is 9.80. The number of benzene rings is 1. The molecule has 72 valence electrons. The molecule has 0 fully saturated rings. The lowest BCUT2D eigenvalue weighted by Gasteiger charge is -1.99. The van der Waals surface area contributed by atoms with E-state index in [0.29, 0.717) is 13.0 Å². The molecule has 0 saturated heterocycles. The molecule has 1 aromatic carbocycles. The number of fused-ring (bicyclic) bond motifs is 1. The van der Waals surface area contributed by atoms with Gasteiger partial charge < -0.3 is 4.74 Å². The Morgan fingerprint density at radius 1 is 1.14 bits per heavy atom. The quantitative estimate of drug-likeness (QED) is 0.728. The number of hydrogen-bond acceptors (Lipinski definition) is 4. The van der Waals surface area contributed by atoms with Crippen LogP contribution in [-0.4, -0.2) is 28.9 Å². The third-order valence-corrected chi connectivity index (χ3v) is 1.93. The largest absolute Gasteiger partial charge is 0.384 e. The maximum atomic E-state index is 4.95. The zero-order valence-electron chi connectivity index (χ0n) is 7.97. The number of nitrogens with zero attached hydrogens (tertiary/aromatic N) is 3. The van der Waals surface area contributed by atoms with Crippen LogP contribution in [0.2, 0.25) is 0 Å². The second-order valence-electron chi connectivity index (χ2n) is 2.96. The first-order chi connectivity index (χ1) is 6.90. The molecule has 0 bridgehead atoms. The van der Waals surface area contributed by atoms with Gasteiger partial charge in [0.1, 0.15) is 5.52 Å². The maximum Gasteiger partial charge on any atom is 0.153 e. The lowest BCUT2D eigenvalue weighted by atomic mass is 10.3. The Morgan fingerprint density at radius 2 is 1.93 bits per heavy atom. The van der Waals surface area contributed by atoms with E-state index in [9.17, 15) is 0 Å². The summed E-state index contributed by atoms with van der Waals surface area (Å²) in [5.41, 5.74) is 1.71. The van der Waals surface area contributed by atoms with Crippen LogP contribution in [0.15, 0.2) is 24.3 Å². The molecule has 0 amide bonds. The van der Waals surface area contributed by atoms with Crippen LogP contribution in [-0.2, 0) is 11.2 Å². The molecule has 0 spiro atoms. The topological polar surface area (TPSA) is 47.9 Å². The third-order valence-electron chi connectivity index (χ3n) is 1.93. The van der Waals surface area contributed by atoms with Gasteiger partial charge in [-0.15, -0.1) is 10.2 Å². The first-order valence-electron chi connectivity index (χ1n) is 4.47. The number of methoxy groups -OCH3 is 1. The van der Waals surface area contributed by atoms with Crippen molar-refractivity contribution in [2.24, 2.45) is 0 Å². The van der Waals surface area contributed by atoms with E-state index < -0.39 is 0 Å². The van der Waals surface area contributed by atoms with Gasteiger partial charge >= 0.3 is 0 Å². The molecule has 0 aliphatic rings. The van der Waals surface area contributed by atoms with Crippen molar-refractivity contribution < 1.29 is 4.74 Å². The maximum absolute atomic E-state index is 4.95. The Labute approximate surface area is 81.9 Å². The summed E-state index contributed by atoms with van der Waals surface area (Å²) in [7, 11) is 1.66. The van der Waals surface area contributed by atoms with Gasteiger partial charge in [0.2, 0.25) is 0 Å². The van der Waals surface area contributed by atoms with E-state index in [1.807, 2.05) is 24.3 Å². The lowest BCUT2D eigenvalue weighted by molar-refractivity contribution is 0.200.